The molecule has 0 spiro atoms. The summed E-state index contributed by atoms with van der Waals surface area (Å²) in [7, 11) is 0. The molecule has 1 heterocycles. The SMILES string of the molecule is C[C@@H]1CN(C(=O)c2cc(C(=O)O)cc([N+](=O)[O-])c2)C[C@H](C)O1. The molecule has 2 atom stereocenters. The zero-order chi connectivity index (χ0) is 16.4. The van der Waals surface area contributed by atoms with E-state index in [1.165, 1.54) is 4.90 Å². The van der Waals surface area contributed by atoms with Gasteiger partial charge in [0.2, 0.25) is 0 Å². The largest absolute Gasteiger partial charge is 0.478 e. The van der Waals surface area contributed by atoms with Gasteiger partial charge in [-0.25, -0.2) is 4.79 Å². The van der Waals surface area contributed by atoms with E-state index in [0.717, 1.165) is 18.2 Å². The lowest BCUT2D eigenvalue weighted by atomic mass is 10.1. The van der Waals surface area contributed by atoms with Gasteiger partial charge in [-0.2, -0.15) is 0 Å². The van der Waals surface area contributed by atoms with Gasteiger partial charge < -0.3 is 14.7 Å². The van der Waals surface area contributed by atoms with Gasteiger partial charge in [-0.05, 0) is 19.9 Å². The van der Waals surface area contributed by atoms with Gasteiger partial charge in [-0.1, -0.05) is 0 Å². The fraction of sp³-hybridized carbons (Fsp3) is 0.429. The summed E-state index contributed by atoms with van der Waals surface area (Å²) >= 11 is 0. The third-order valence-electron chi connectivity index (χ3n) is 3.33. The van der Waals surface area contributed by atoms with E-state index in [1.807, 2.05) is 13.8 Å². The highest BCUT2D eigenvalue weighted by atomic mass is 16.6. The molecule has 8 heteroatoms. The number of morpholine rings is 1. The number of hydrogen-bond donors (Lipinski definition) is 1. The van der Waals surface area contributed by atoms with E-state index in [-0.39, 0.29) is 23.3 Å². The van der Waals surface area contributed by atoms with Crippen LogP contribution in [-0.2, 0) is 4.74 Å². The normalized spacial score (nSPS) is 21.5. The quantitative estimate of drug-likeness (QED) is 0.670. The lowest BCUT2D eigenvalue weighted by Crippen LogP contribution is -2.48. The number of carbonyl (C=O) groups excluding carboxylic acids is 1. The first-order valence-corrected chi connectivity index (χ1v) is 6.75. The van der Waals surface area contributed by atoms with Crippen molar-refractivity contribution >= 4 is 17.6 Å². The molecule has 1 aromatic carbocycles. The number of benzene rings is 1. The van der Waals surface area contributed by atoms with Crippen LogP contribution in [0.15, 0.2) is 18.2 Å². The number of carboxylic acids is 1. The summed E-state index contributed by atoms with van der Waals surface area (Å²) in [4.78, 5) is 35.3. The summed E-state index contributed by atoms with van der Waals surface area (Å²) in [5, 5.41) is 19.9. The van der Waals surface area contributed by atoms with Crippen molar-refractivity contribution < 1.29 is 24.4 Å². The first kappa shape index (κ1) is 15.9. The van der Waals surface area contributed by atoms with Crippen molar-refractivity contribution in [3.05, 3.63) is 39.4 Å². The Bertz CT molecular complexity index is 588. The van der Waals surface area contributed by atoms with Crippen molar-refractivity contribution in [1.82, 2.24) is 4.90 Å². The van der Waals surface area contributed by atoms with E-state index < -0.39 is 22.5 Å². The Morgan fingerprint density at radius 2 is 1.77 bits per heavy atom. The Morgan fingerprint density at radius 3 is 2.27 bits per heavy atom. The van der Waals surface area contributed by atoms with Crippen LogP contribution in [0.3, 0.4) is 0 Å². The Morgan fingerprint density at radius 1 is 1.23 bits per heavy atom. The van der Waals surface area contributed by atoms with E-state index in [4.69, 9.17) is 9.84 Å². The zero-order valence-electron chi connectivity index (χ0n) is 12.2. The topological polar surface area (TPSA) is 110 Å². The molecule has 0 bridgehead atoms. The molecule has 1 aromatic rings. The van der Waals surface area contributed by atoms with Gasteiger partial charge in [0.1, 0.15) is 0 Å². The molecule has 0 aliphatic carbocycles. The summed E-state index contributed by atoms with van der Waals surface area (Å²) < 4.78 is 5.53. The third-order valence-corrected chi connectivity index (χ3v) is 3.33. The number of carboxylic acid groups (broad SMARTS) is 1. The van der Waals surface area contributed by atoms with E-state index in [9.17, 15) is 19.7 Å². The van der Waals surface area contributed by atoms with Crippen molar-refractivity contribution in [3.8, 4) is 0 Å². The Labute approximate surface area is 126 Å². The van der Waals surface area contributed by atoms with Crippen molar-refractivity contribution in [2.75, 3.05) is 13.1 Å². The Hall–Kier alpha value is -2.48. The van der Waals surface area contributed by atoms with Gasteiger partial charge in [0.15, 0.2) is 0 Å². The van der Waals surface area contributed by atoms with Crippen molar-refractivity contribution in [2.24, 2.45) is 0 Å². The highest BCUT2D eigenvalue weighted by Gasteiger charge is 2.28. The molecule has 0 aromatic heterocycles. The maximum absolute atomic E-state index is 12.5. The summed E-state index contributed by atoms with van der Waals surface area (Å²) in [6.07, 6.45) is -0.296. The molecule has 1 N–H and O–H groups in total. The Balaban J connectivity index is 2.36. The van der Waals surface area contributed by atoms with E-state index >= 15 is 0 Å². The molecule has 1 saturated heterocycles. The number of ether oxygens (including phenoxy) is 1. The predicted molar refractivity (Wildman–Crippen MR) is 76.0 cm³/mol. The van der Waals surface area contributed by atoms with Crippen LogP contribution in [0.2, 0.25) is 0 Å². The monoisotopic (exact) mass is 308 g/mol. The second-order valence-corrected chi connectivity index (χ2v) is 5.30. The Kier molecular flexibility index (Phi) is 4.41. The summed E-state index contributed by atoms with van der Waals surface area (Å²) in [5.41, 5.74) is -0.711. The summed E-state index contributed by atoms with van der Waals surface area (Å²) in [6, 6.07) is 3.19. The van der Waals surface area contributed by atoms with Gasteiger partial charge in [-0.3, -0.25) is 14.9 Å². The standard InChI is InChI=1S/C14H16N2O6/c1-8-6-15(7-9(2)22-8)13(17)10-3-11(14(18)19)5-12(4-10)16(20)21/h3-5,8-9H,6-7H2,1-2H3,(H,18,19)/t8-,9+. The molecule has 118 valence electrons. The first-order chi connectivity index (χ1) is 10.3. The van der Waals surface area contributed by atoms with Gasteiger partial charge in [-0.15, -0.1) is 0 Å². The fourth-order valence-corrected chi connectivity index (χ4v) is 2.49. The zero-order valence-corrected chi connectivity index (χ0v) is 12.2. The van der Waals surface area contributed by atoms with E-state index in [1.54, 1.807) is 0 Å². The predicted octanol–water partition coefficient (Wildman–Crippen LogP) is 1.54. The van der Waals surface area contributed by atoms with Crippen LogP contribution in [0.5, 0.6) is 0 Å². The van der Waals surface area contributed by atoms with Crippen LogP contribution in [0.25, 0.3) is 0 Å². The molecular weight excluding hydrogens is 292 g/mol. The number of amides is 1. The van der Waals surface area contributed by atoms with Crippen molar-refractivity contribution in [1.29, 1.82) is 0 Å². The first-order valence-electron chi connectivity index (χ1n) is 6.75. The van der Waals surface area contributed by atoms with Crippen LogP contribution in [-0.4, -0.2) is 52.1 Å². The van der Waals surface area contributed by atoms with Crippen molar-refractivity contribution in [2.45, 2.75) is 26.1 Å². The minimum atomic E-state index is -1.32. The molecule has 1 aliphatic rings. The number of nitro groups is 1. The molecule has 22 heavy (non-hydrogen) atoms. The second kappa shape index (κ2) is 6.10. The van der Waals surface area contributed by atoms with Crippen molar-refractivity contribution in [3.63, 3.8) is 0 Å². The minimum Gasteiger partial charge on any atom is -0.478 e. The van der Waals surface area contributed by atoms with Crippen LogP contribution in [0.4, 0.5) is 5.69 Å². The van der Waals surface area contributed by atoms with Gasteiger partial charge >= 0.3 is 5.97 Å². The number of nitrogens with zero attached hydrogens (tertiary/aromatic N) is 2. The summed E-state index contributed by atoms with van der Waals surface area (Å²) in [6.45, 7) is 4.36. The van der Waals surface area contributed by atoms with Gasteiger partial charge in [0.05, 0.1) is 22.7 Å². The second-order valence-electron chi connectivity index (χ2n) is 5.30. The van der Waals surface area contributed by atoms with Crippen LogP contribution in [0.1, 0.15) is 34.6 Å². The number of aromatic carboxylic acids is 1. The van der Waals surface area contributed by atoms with Crippen LogP contribution >= 0.6 is 0 Å². The summed E-state index contributed by atoms with van der Waals surface area (Å²) in [5.74, 6) is -1.75. The van der Waals surface area contributed by atoms with Gasteiger partial charge in [0.25, 0.3) is 11.6 Å². The van der Waals surface area contributed by atoms with E-state index in [0.29, 0.717) is 13.1 Å². The smallest absolute Gasteiger partial charge is 0.335 e. The number of rotatable bonds is 3. The molecule has 1 aliphatic heterocycles. The average molecular weight is 308 g/mol. The molecule has 1 amide bonds. The van der Waals surface area contributed by atoms with Crippen LogP contribution < -0.4 is 0 Å². The fourth-order valence-electron chi connectivity index (χ4n) is 2.49. The molecule has 0 unspecified atom stereocenters. The molecule has 1 fully saturated rings. The third kappa shape index (κ3) is 3.40. The highest BCUT2D eigenvalue weighted by Crippen LogP contribution is 2.21. The molecule has 0 saturated carbocycles. The molecular formula is C14H16N2O6. The number of hydrogen-bond acceptors (Lipinski definition) is 5. The van der Waals surface area contributed by atoms with Gasteiger partial charge in [0, 0.05) is 30.8 Å². The van der Waals surface area contributed by atoms with Crippen LogP contribution in [0, 0.1) is 10.1 Å². The number of nitro benzene ring substituents is 1. The lowest BCUT2D eigenvalue weighted by Gasteiger charge is -2.35. The number of non-ortho nitro benzene ring substituents is 1. The molecule has 8 nitrogen and oxygen atoms in total. The minimum absolute atomic E-state index is 0.00657. The maximum atomic E-state index is 12.5. The molecule has 2 rings (SSSR count). The highest BCUT2D eigenvalue weighted by molar-refractivity contribution is 5.98. The number of carbonyl (C=O) groups is 2. The average Bonchev–Trinajstić information content (AvgIpc) is 2.44. The molecule has 0 radical (unpaired) electrons. The lowest BCUT2D eigenvalue weighted by molar-refractivity contribution is -0.384. The maximum Gasteiger partial charge on any atom is 0.335 e. The van der Waals surface area contributed by atoms with E-state index in [2.05, 4.69) is 0 Å².